The average Bonchev–Trinajstić information content (AvgIpc) is 2.90. The van der Waals surface area contributed by atoms with Crippen LogP contribution in [-0.2, 0) is 4.79 Å². The maximum Gasteiger partial charge on any atom is 0.304 e. The van der Waals surface area contributed by atoms with Gasteiger partial charge in [0.05, 0.1) is 12.7 Å². The first-order chi connectivity index (χ1) is 8.66. The predicted molar refractivity (Wildman–Crippen MR) is 63.3 cm³/mol. The van der Waals surface area contributed by atoms with Gasteiger partial charge in [0.15, 0.2) is 5.76 Å². The van der Waals surface area contributed by atoms with Gasteiger partial charge in [0.1, 0.15) is 0 Å². The monoisotopic (exact) mass is 252 g/mol. The van der Waals surface area contributed by atoms with Crippen LogP contribution in [0.2, 0.25) is 0 Å². The van der Waals surface area contributed by atoms with Gasteiger partial charge in [-0.1, -0.05) is 0 Å². The van der Waals surface area contributed by atoms with E-state index in [1.165, 1.54) is 6.26 Å². The van der Waals surface area contributed by atoms with Gasteiger partial charge in [-0.3, -0.25) is 14.5 Å². The van der Waals surface area contributed by atoms with Gasteiger partial charge in [0.2, 0.25) is 0 Å². The summed E-state index contributed by atoms with van der Waals surface area (Å²) in [6.07, 6.45) is 1.63. The van der Waals surface area contributed by atoms with Gasteiger partial charge in [-0.2, -0.15) is 0 Å². The van der Waals surface area contributed by atoms with Crippen molar-refractivity contribution in [3.05, 3.63) is 24.2 Å². The summed E-state index contributed by atoms with van der Waals surface area (Å²) in [6.45, 7) is 3.18. The van der Waals surface area contributed by atoms with E-state index in [-0.39, 0.29) is 12.3 Å². The van der Waals surface area contributed by atoms with Crippen molar-refractivity contribution in [2.24, 2.45) is 0 Å². The van der Waals surface area contributed by atoms with Gasteiger partial charge < -0.3 is 14.4 Å². The maximum absolute atomic E-state index is 12.0. The molecule has 1 saturated heterocycles. The highest BCUT2D eigenvalue weighted by Gasteiger charge is 2.23. The van der Waals surface area contributed by atoms with Gasteiger partial charge in [0, 0.05) is 32.7 Å². The molecule has 0 aliphatic carbocycles. The highest BCUT2D eigenvalue weighted by molar-refractivity contribution is 5.91. The molecule has 0 aromatic carbocycles. The van der Waals surface area contributed by atoms with E-state index < -0.39 is 5.97 Å². The first kappa shape index (κ1) is 12.6. The van der Waals surface area contributed by atoms with Crippen LogP contribution < -0.4 is 0 Å². The molecule has 1 aromatic rings. The molecule has 1 aromatic heterocycles. The minimum atomic E-state index is -0.788. The van der Waals surface area contributed by atoms with Crippen LogP contribution in [-0.4, -0.2) is 59.5 Å². The average molecular weight is 252 g/mol. The second-order valence-electron chi connectivity index (χ2n) is 4.25. The summed E-state index contributed by atoms with van der Waals surface area (Å²) in [5, 5.41) is 8.61. The zero-order valence-electron chi connectivity index (χ0n) is 10.0. The third kappa shape index (κ3) is 3.10. The number of carboxylic acids is 1. The van der Waals surface area contributed by atoms with Crippen LogP contribution in [0.4, 0.5) is 0 Å². The highest BCUT2D eigenvalue weighted by Crippen LogP contribution is 2.09. The van der Waals surface area contributed by atoms with Crippen molar-refractivity contribution in [3.63, 3.8) is 0 Å². The van der Waals surface area contributed by atoms with Crippen LogP contribution in [0.25, 0.3) is 0 Å². The van der Waals surface area contributed by atoms with Crippen LogP contribution in [0.5, 0.6) is 0 Å². The minimum absolute atomic E-state index is 0.0992. The molecule has 1 aliphatic heterocycles. The number of carbonyl (C=O) groups is 2. The van der Waals surface area contributed by atoms with E-state index in [4.69, 9.17) is 9.52 Å². The number of nitrogens with zero attached hydrogens (tertiary/aromatic N) is 2. The Morgan fingerprint density at radius 3 is 2.56 bits per heavy atom. The summed E-state index contributed by atoms with van der Waals surface area (Å²) in [7, 11) is 0. The third-order valence-corrected chi connectivity index (χ3v) is 3.03. The van der Waals surface area contributed by atoms with E-state index in [1.54, 1.807) is 17.0 Å². The Labute approximate surface area is 105 Å². The van der Waals surface area contributed by atoms with Gasteiger partial charge in [0.25, 0.3) is 5.91 Å². The second-order valence-corrected chi connectivity index (χ2v) is 4.25. The summed E-state index contributed by atoms with van der Waals surface area (Å²) in [4.78, 5) is 26.2. The minimum Gasteiger partial charge on any atom is -0.481 e. The van der Waals surface area contributed by atoms with Gasteiger partial charge in [-0.25, -0.2) is 0 Å². The van der Waals surface area contributed by atoms with Gasteiger partial charge in [-0.15, -0.1) is 0 Å². The Bertz CT molecular complexity index is 408. The molecule has 1 N–H and O–H groups in total. The Hall–Kier alpha value is -1.82. The van der Waals surface area contributed by atoms with E-state index in [2.05, 4.69) is 4.90 Å². The predicted octanol–water partition coefficient (Wildman–Crippen LogP) is 0.512. The fourth-order valence-electron chi connectivity index (χ4n) is 1.98. The lowest BCUT2D eigenvalue weighted by molar-refractivity contribution is -0.137. The van der Waals surface area contributed by atoms with E-state index in [1.807, 2.05) is 0 Å². The first-order valence-corrected chi connectivity index (χ1v) is 5.94. The molecule has 0 bridgehead atoms. The fourth-order valence-corrected chi connectivity index (χ4v) is 1.98. The molecule has 1 aliphatic rings. The zero-order valence-corrected chi connectivity index (χ0v) is 10.0. The lowest BCUT2D eigenvalue weighted by atomic mass is 10.2. The second kappa shape index (κ2) is 5.68. The third-order valence-electron chi connectivity index (χ3n) is 3.03. The van der Waals surface area contributed by atoms with Crippen molar-refractivity contribution >= 4 is 11.9 Å². The van der Waals surface area contributed by atoms with E-state index >= 15 is 0 Å². The molecule has 0 saturated carbocycles. The smallest absolute Gasteiger partial charge is 0.304 e. The quantitative estimate of drug-likeness (QED) is 0.845. The molecule has 98 valence electrons. The van der Waals surface area contributed by atoms with E-state index in [0.717, 1.165) is 0 Å². The Balaban J connectivity index is 1.80. The van der Waals surface area contributed by atoms with E-state index in [9.17, 15) is 9.59 Å². The first-order valence-electron chi connectivity index (χ1n) is 5.94. The van der Waals surface area contributed by atoms with Gasteiger partial charge >= 0.3 is 5.97 Å². The molecule has 1 amide bonds. The van der Waals surface area contributed by atoms with Crippen molar-refractivity contribution in [2.45, 2.75) is 6.42 Å². The highest BCUT2D eigenvalue weighted by atomic mass is 16.4. The molecule has 6 heteroatoms. The van der Waals surface area contributed by atoms with Crippen LogP contribution in [0.3, 0.4) is 0 Å². The number of amides is 1. The van der Waals surface area contributed by atoms with Crippen molar-refractivity contribution in [3.8, 4) is 0 Å². The number of aliphatic carboxylic acids is 1. The molecular weight excluding hydrogens is 236 g/mol. The fraction of sp³-hybridized carbons (Fsp3) is 0.500. The van der Waals surface area contributed by atoms with Crippen molar-refractivity contribution in [2.75, 3.05) is 32.7 Å². The lowest BCUT2D eigenvalue weighted by Crippen LogP contribution is -2.49. The number of hydrogen-bond donors (Lipinski definition) is 1. The summed E-state index contributed by atoms with van der Waals surface area (Å²) < 4.78 is 5.07. The Morgan fingerprint density at radius 2 is 2.00 bits per heavy atom. The standard InChI is InChI=1S/C12H16N2O4/c15-11(16)3-4-13-5-7-14(8-6-13)12(17)10-2-1-9-18-10/h1-2,9H,3-8H2,(H,15,16). The van der Waals surface area contributed by atoms with E-state index in [0.29, 0.717) is 38.5 Å². The largest absolute Gasteiger partial charge is 0.481 e. The number of rotatable bonds is 4. The van der Waals surface area contributed by atoms with Gasteiger partial charge in [-0.05, 0) is 12.1 Å². The lowest BCUT2D eigenvalue weighted by Gasteiger charge is -2.33. The molecule has 2 heterocycles. The summed E-state index contributed by atoms with van der Waals surface area (Å²) in [5.41, 5.74) is 0. The van der Waals surface area contributed by atoms with Crippen LogP contribution in [0.1, 0.15) is 17.0 Å². The molecule has 0 radical (unpaired) electrons. The molecule has 0 spiro atoms. The van der Waals surface area contributed by atoms with Crippen LogP contribution >= 0.6 is 0 Å². The molecule has 1 fully saturated rings. The molecular formula is C12H16N2O4. The number of carboxylic acid groups (broad SMARTS) is 1. The number of piperazine rings is 1. The number of hydrogen-bond acceptors (Lipinski definition) is 4. The molecule has 0 unspecified atom stereocenters. The van der Waals surface area contributed by atoms with Crippen molar-refractivity contribution in [1.29, 1.82) is 0 Å². The molecule has 2 rings (SSSR count). The summed E-state index contributed by atoms with van der Waals surface area (Å²) in [6, 6.07) is 3.34. The van der Waals surface area contributed by atoms with Crippen molar-refractivity contribution in [1.82, 2.24) is 9.80 Å². The Morgan fingerprint density at radius 1 is 1.28 bits per heavy atom. The zero-order chi connectivity index (χ0) is 13.0. The molecule has 0 atom stereocenters. The maximum atomic E-state index is 12.0. The normalized spacial score (nSPS) is 16.8. The molecule has 6 nitrogen and oxygen atoms in total. The van der Waals surface area contributed by atoms with Crippen LogP contribution in [0, 0.1) is 0 Å². The summed E-state index contributed by atoms with van der Waals surface area (Å²) in [5.74, 6) is -0.532. The Kier molecular flexibility index (Phi) is 3.99. The van der Waals surface area contributed by atoms with Crippen molar-refractivity contribution < 1.29 is 19.1 Å². The summed E-state index contributed by atoms with van der Waals surface area (Å²) >= 11 is 0. The topological polar surface area (TPSA) is 74.0 Å². The molecule has 18 heavy (non-hydrogen) atoms. The number of carbonyl (C=O) groups excluding carboxylic acids is 1. The van der Waals surface area contributed by atoms with Crippen LogP contribution in [0.15, 0.2) is 22.8 Å². The SMILES string of the molecule is O=C(O)CCN1CCN(C(=O)c2ccco2)CC1. The number of furan rings is 1.